The fraction of sp³-hybridized carbons (Fsp3) is 0.400. The second-order valence-electron chi connectivity index (χ2n) is 5.46. The number of hydrogen-bond donors (Lipinski definition) is 2. The van der Waals surface area contributed by atoms with Gasteiger partial charge in [0.2, 0.25) is 15.9 Å². The molecular weight excluding hydrogens is 288 g/mol. The topological polar surface area (TPSA) is 75.3 Å². The molecule has 1 aliphatic carbocycles. The van der Waals surface area contributed by atoms with E-state index in [1.165, 1.54) is 18.9 Å². The Kier molecular flexibility index (Phi) is 4.67. The Balaban J connectivity index is 1.89. The Labute approximate surface area is 125 Å². The largest absolute Gasteiger partial charge is 0.350 e. The number of amides is 1. The first kappa shape index (κ1) is 15.6. The van der Waals surface area contributed by atoms with E-state index in [9.17, 15) is 13.2 Å². The Morgan fingerprint density at radius 1 is 1.29 bits per heavy atom. The van der Waals surface area contributed by atoms with Gasteiger partial charge in [0.1, 0.15) is 0 Å². The van der Waals surface area contributed by atoms with E-state index in [0.717, 1.165) is 11.8 Å². The molecule has 114 valence electrons. The molecule has 1 amide bonds. The average Bonchev–Trinajstić information content (AvgIpc) is 3.20. The van der Waals surface area contributed by atoms with E-state index < -0.39 is 10.0 Å². The zero-order valence-corrected chi connectivity index (χ0v) is 13.0. The van der Waals surface area contributed by atoms with Crippen LogP contribution in [0.3, 0.4) is 0 Å². The van der Waals surface area contributed by atoms with Crippen LogP contribution < -0.4 is 10.0 Å². The summed E-state index contributed by atoms with van der Waals surface area (Å²) in [4.78, 5) is 11.7. The van der Waals surface area contributed by atoms with Crippen LogP contribution in [0.5, 0.6) is 0 Å². The molecule has 1 aromatic rings. The molecule has 0 bridgehead atoms. The normalized spacial score (nSPS) is 16.7. The molecule has 0 heterocycles. The van der Waals surface area contributed by atoms with Gasteiger partial charge in [0.15, 0.2) is 0 Å². The summed E-state index contributed by atoms with van der Waals surface area (Å²) in [5.74, 6) is 0.524. The monoisotopic (exact) mass is 308 g/mol. The predicted octanol–water partition coefficient (Wildman–Crippen LogP) is 1.99. The van der Waals surface area contributed by atoms with Crippen molar-refractivity contribution in [2.75, 3.05) is 11.0 Å². The zero-order chi connectivity index (χ0) is 15.5. The van der Waals surface area contributed by atoms with Gasteiger partial charge in [-0.25, -0.2) is 8.42 Å². The summed E-state index contributed by atoms with van der Waals surface area (Å²) in [7, 11) is -3.26. The van der Waals surface area contributed by atoms with Crippen LogP contribution in [0.4, 0.5) is 5.69 Å². The number of carbonyl (C=O) groups is 1. The zero-order valence-electron chi connectivity index (χ0n) is 12.2. The molecule has 0 spiro atoms. The maximum Gasteiger partial charge on any atom is 0.244 e. The summed E-state index contributed by atoms with van der Waals surface area (Å²) in [6.07, 6.45) is 6.70. The Morgan fingerprint density at radius 2 is 1.90 bits per heavy atom. The number of nitrogens with one attached hydrogen (secondary N) is 2. The number of carbonyl (C=O) groups excluding carboxylic acids is 1. The first-order valence-corrected chi connectivity index (χ1v) is 8.79. The predicted molar refractivity (Wildman–Crippen MR) is 84.3 cm³/mol. The van der Waals surface area contributed by atoms with E-state index in [2.05, 4.69) is 10.0 Å². The number of hydrogen-bond acceptors (Lipinski definition) is 3. The third kappa shape index (κ3) is 5.59. The highest BCUT2D eigenvalue weighted by Gasteiger charge is 2.28. The van der Waals surface area contributed by atoms with E-state index in [-0.39, 0.29) is 11.9 Å². The van der Waals surface area contributed by atoms with Crippen molar-refractivity contribution >= 4 is 27.7 Å². The van der Waals surface area contributed by atoms with Gasteiger partial charge in [-0.2, -0.15) is 0 Å². The van der Waals surface area contributed by atoms with Crippen LogP contribution in [0.1, 0.15) is 25.3 Å². The molecule has 1 saturated carbocycles. The fourth-order valence-electron chi connectivity index (χ4n) is 2.03. The molecular formula is C15H20N2O3S. The molecule has 1 fully saturated rings. The minimum Gasteiger partial charge on any atom is -0.350 e. The van der Waals surface area contributed by atoms with Crippen LogP contribution in [-0.4, -0.2) is 26.6 Å². The van der Waals surface area contributed by atoms with E-state index in [0.29, 0.717) is 11.6 Å². The lowest BCUT2D eigenvalue weighted by Crippen LogP contribution is -2.32. The molecule has 21 heavy (non-hydrogen) atoms. The Bertz CT molecular complexity index is 631. The number of sulfonamides is 1. The minimum absolute atomic E-state index is 0.104. The molecule has 1 aliphatic rings. The maximum absolute atomic E-state index is 11.7. The van der Waals surface area contributed by atoms with Crippen molar-refractivity contribution in [1.82, 2.24) is 5.32 Å². The summed E-state index contributed by atoms with van der Waals surface area (Å²) in [5, 5.41) is 2.94. The lowest BCUT2D eigenvalue weighted by molar-refractivity contribution is -0.117. The SMILES string of the molecule is CC(NC(=O)/C=C/c1ccc(NS(C)(=O)=O)cc1)C1CC1. The second kappa shape index (κ2) is 6.30. The van der Waals surface area contributed by atoms with Gasteiger partial charge in [-0.3, -0.25) is 9.52 Å². The first-order chi connectivity index (χ1) is 9.83. The molecule has 0 radical (unpaired) electrons. The van der Waals surface area contributed by atoms with Crippen LogP contribution in [-0.2, 0) is 14.8 Å². The lowest BCUT2D eigenvalue weighted by Gasteiger charge is -2.10. The van der Waals surface area contributed by atoms with Crippen molar-refractivity contribution in [3.63, 3.8) is 0 Å². The van der Waals surface area contributed by atoms with Crippen molar-refractivity contribution in [3.05, 3.63) is 35.9 Å². The van der Waals surface area contributed by atoms with Gasteiger partial charge < -0.3 is 5.32 Å². The van der Waals surface area contributed by atoms with Gasteiger partial charge in [-0.1, -0.05) is 12.1 Å². The van der Waals surface area contributed by atoms with Crippen LogP contribution in [0.2, 0.25) is 0 Å². The summed E-state index contributed by atoms with van der Waals surface area (Å²) in [6, 6.07) is 7.05. The molecule has 6 heteroatoms. The van der Waals surface area contributed by atoms with Crippen molar-refractivity contribution in [2.24, 2.45) is 5.92 Å². The molecule has 1 aromatic carbocycles. The van der Waals surface area contributed by atoms with Gasteiger partial charge in [0.05, 0.1) is 6.26 Å². The molecule has 0 saturated heterocycles. The molecule has 2 rings (SSSR count). The van der Waals surface area contributed by atoms with Gasteiger partial charge >= 0.3 is 0 Å². The van der Waals surface area contributed by atoms with Crippen molar-refractivity contribution in [1.29, 1.82) is 0 Å². The van der Waals surface area contributed by atoms with E-state index >= 15 is 0 Å². The standard InChI is InChI=1S/C15H20N2O3S/c1-11(13-6-7-13)16-15(18)10-5-12-3-8-14(9-4-12)17-21(2,19)20/h3-5,8-11,13,17H,6-7H2,1-2H3,(H,16,18)/b10-5+. The van der Waals surface area contributed by atoms with Crippen molar-refractivity contribution in [3.8, 4) is 0 Å². The quantitative estimate of drug-likeness (QED) is 0.789. The molecule has 0 aliphatic heterocycles. The van der Waals surface area contributed by atoms with E-state index in [1.54, 1.807) is 30.3 Å². The van der Waals surface area contributed by atoms with Crippen LogP contribution in [0, 0.1) is 5.92 Å². The maximum atomic E-state index is 11.7. The van der Waals surface area contributed by atoms with Crippen molar-refractivity contribution in [2.45, 2.75) is 25.8 Å². The summed E-state index contributed by atoms with van der Waals surface area (Å²) < 4.78 is 24.6. The van der Waals surface area contributed by atoms with Gasteiger partial charge in [0, 0.05) is 17.8 Å². The van der Waals surface area contributed by atoms with Crippen LogP contribution >= 0.6 is 0 Å². The van der Waals surface area contributed by atoms with Crippen LogP contribution in [0.25, 0.3) is 6.08 Å². The van der Waals surface area contributed by atoms with Gasteiger partial charge in [-0.05, 0) is 49.5 Å². The number of rotatable bonds is 6. The molecule has 0 aromatic heterocycles. The summed E-state index contributed by atoms with van der Waals surface area (Å²) >= 11 is 0. The smallest absolute Gasteiger partial charge is 0.244 e. The molecule has 1 atom stereocenters. The molecule has 2 N–H and O–H groups in total. The number of benzene rings is 1. The highest BCUT2D eigenvalue weighted by molar-refractivity contribution is 7.92. The van der Waals surface area contributed by atoms with Crippen molar-refractivity contribution < 1.29 is 13.2 Å². The Morgan fingerprint density at radius 3 is 2.43 bits per heavy atom. The third-order valence-corrected chi connectivity index (χ3v) is 3.95. The molecule has 5 nitrogen and oxygen atoms in total. The summed E-state index contributed by atoms with van der Waals surface area (Å²) in [6.45, 7) is 2.02. The van der Waals surface area contributed by atoms with Gasteiger partial charge in [-0.15, -0.1) is 0 Å². The summed E-state index contributed by atoms with van der Waals surface area (Å²) in [5.41, 5.74) is 1.34. The second-order valence-corrected chi connectivity index (χ2v) is 7.21. The fourth-order valence-corrected chi connectivity index (χ4v) is 2.60. The van der Waals surface area contributed by atoms with Crippen LogP contribution in [0.15, 0.2) is 30.3 Å². The van der Waals surface area contributed by atoms with Gasteiger partial charge in [0.25, 0.3) is 0 Å². The minimum atomic E-state index is -3.26. The highest BCUT2D eigenvalue weighted by atomic mass is 32.2. The average molecular weight is 308 g/mol. The third-order valence-electron chi connectivity index (χ3n) is 3.34. The highest BCUT2D eigenvalue weighted by Crippen LogP contribution is 2.32. The first-order valence-electron chi connectivity index (χ1n) is 6.90. The number of anilines is 1. The van der Waals surface area contributed by atoms with E-state index in [4.69, 9.17) is 0 Å². The Hall–Kier alpha value is -1.82. The van der Waals surface area contributed by atoms with E-state index in [1.807, 2.05) is 6.92 Å². The molecule has 1 unspecified atom stereocenters. The lowest BCUT2D eigenvalue weighted by atomic mass is 10.2.